The lowest BCUT2D eigenvalue weighted by molar-refractivity contribution is -0.384. The number of benzene rings is 3. The van der Waals surface area contributed by atoms with Crippen LogP contribution in [-0.2, 0) is 16.1 Å². The highest BCUT2D eigenvalue weighted by atomic mass is 16.6. The van der Waals surface area contributed by atoms with E-state index in [1.54, 1.807) is 36.4 Å². The van der Waals surface area contributed by atoms with Gasteiger partial charge in [0.1, 0.15) is 11.6 Å². The Morgan fingerprint density at radius 3 is 2.35 bits per heavy atom. The molecule has 2 saturated heterocycles. The molecule has 11 nitrogen and oxygen atoms in total. The molecule has 3 aromatic rings. The summed E-state index contributed by atoms with van der Waals surface area (Å²) in [6, 6.07) is 18.9. The van der Waals surface area contributed by atoms with Gasteiger partial charge in [-0.15, -0.1) is 0 Å². The Kier molecular flexibility index (Phi) is 7.56. The summed E-state index contributed by atoms with van der Waals surface area (Å²) < 4.78 is 0. The first-order chi connectivity index (χ1) is 20.8. The van der Waals surface area contributed by atoms with E-state index in [9.17, 15) is 24.5 Å². The fourth-order valence-corrected chi connectivity index (χ4v) is 5.70. The van der Waals surface area contributed by atoms with Crippen molar-refractivity contribution in [2.45, 2.75) is 31.7 Å². The Morgan fingerprint density at radius 1 is 0.977 bits per heavy atom. The number of likely N-dealkylation sites (N-methyl/N-ethyl adjacent to an activating group) is 1. The van der Waals surface area contributed by atoms with E-state index in [2.05, 4.69) is 15.5 Å². The molecular formula is C32H30N6O5. The summed E-state index contributed by atoms with van der Waals surface area (Å²) in [6.07, 6.45) is 5.28. The number of amides is 4. The summed E-state index contributed by atoms with van der Waals surface area (Å²) in [4.78, 5) is 56.9. The number of nitro benzene ring substituents is 1. The highest BCUT2D eigenvalue weighted by Crippen LogP contribution is 2.38. The number of fused-ring (bicyclic) bond motifs is 1. The summed E-state index contributed by atoms with van der Waals surface area (Å²) in [5.74, 6) is -1.64. The number of aliphatic imine (C=N–C) groups is 1. The van der Waals surface area contributed by atoms with Gasteiger partial charge in [-0.2, -0.15) is 0 Å². The van der Waals surface area contributed by atoms with Crippen LogP contribution in [0.1, 0.15) is 47.4 Å². The lowest BCUT2D eigenvalue weighted by Crippen LogP contribution is -2.29. The molecule has 1 unspecified atom stereocenters. The Bertz CT molecular complexity index is 1670. The van der Waals surface area contributed by atoms with E-state index < -0.39 is 22.8 Å². The summed E-state index contributed by atoms with van der Waals surface area (Å²) in [5, 5.41) is 16.6. The van der Waals surface area contributed by atoms with Crippen LogP contribution in [0, 0.1) is 10.1 Å². The van der Waals surface area contributed by atoms with Crippen LogP contribution in [0.4, 0.5) is 21.9 Å². The number of carbonyl (C=O) groups is 3. The highest BCUT2D eigenvalue weighted by molar-refractivity contribution is 6.24. The molecule has 3 aliphatic rings. The van der Waals surface area contributed by atoms with E-state index in [0.29, 0.717) is 28.2 Å². The van der Waals surface area contributed by atoms with Crippen molar-refractivity contribution in [1.29, 1.82) is 0 Å². The van der Waals surface area contributed by atoms with Crippen LogP contribution in [0.3, 0.4) is 0 Å². The molecule has 1 atom stereocenters. The second-order valence-corrected chi connectivity index (χ2v) is 10.9. The van der Waals surface area contributed by atoms with Crippen molar-refractivity contribution in [3.63, 3.8) is 0 Å². The molecule has 3 aromatic carbocycles. The third kappa shape index (κ3) is 5.80. The van der Waals surface area contributed by atoms with Crippen molar-refractivity contribution in [2.24, 2.45) is 4.99 Å². The number of nitrogens with zero attached hydrogens (tertiary/aromatic N) is 4. The number of piperidine rings is 1. The molecule has 4 amide bonds. The second kappa shape index (κ2) is 11.6. The van der Waals surface area contributed by atoms with E-state index in [0.717, 1.165) is 30.8 Å². The number of anilines is 1. The minimum Gasteiger partial charge on any atom is -0.325 e. The van der Waals surface area contributed by atoms with Gasteiger partial charge >= 0.3 is 6.03 Å². The van der Waals surface area contributed by atoms with Gasteiger partial charge in [0.05, 0.1) is 16.3 Å². The van der Waals surface area contributed by atoms with Crippen LogP contribution in [0.25, 0.3) is 6.08 Å². The van der Waals surface area contributed by atoms with E-state index in [1.807, 2.05) is 24.3 Å². The fraction of sp³-hybridized carbons (Fsp3) is 0.250. The summed E-state index contributed by atoms with van der Waals surface area (Å²) >= 11 is 0. The predicted octanol–water partition coefficient (Wildman–Crippen LogP) is 4.96. The zero-order valence-electron chi connectivity index (χ0n) is 23.6. The molecule has 0 aromatic heterocycles. The van der Waals surface area contributed by atoms with E-state index in [4.69, 9.17) is 4.99 Å². The Labute approximate surface area is 248 Å². The number of hydrogen-bond acceptors (Lipinski definition) is 7. The molecule has 11 heteroatoms. The maximum Gasteiger partial charge on any atom is 0.328 e. The standard InChI is InChI=1S/C32H30N6O5/c1-36-27(30(39)35-32(36)41)17-20-7-11-23(12-8-20)33-29(22-9-5-21(6-10-22)19-37-15-3-2-4-16-37)28-25-18-24(38(42)43)13-14-26(25)34-31(28)40/h5-14,17-18,28H,2-4,15-16,19H2,1H3,(H,34,40)(H,35,39,41). The van der Waals surface area contributed by atoms with Crippen molar-refractivity contribution in [1.82, 2.24) is 15.1 Å². The number of imide groups is 1. The van der Waals surface area contributed by atoms with Gasteiger partial charge in [-0.3, -0.25) is 39.8 Å². The number of nitro groups is 1. The van der Waals surface area contributed by atoms with Crippen molar-refractivity contribution in [2.75, 3.05) is 25.5 Å². The second-order valence-electron chi connectivity index (χ2n) is 10.9. The molecule has 3 aliphatic heterocycles. The van der Waals surface area contributed by atoms with E-state index >= 15 is 0 Å². The number of urea groups is 1. The summed E-state index contributed by atoms with van der Waals surface area (Å²) in [5.41, 5.74) is 4.75. The first-order valence-corrected chi connectivity index (χ1v) is 14.2. The van der Waals surface area contributed by atoms with Gasteiger partial charge in [0.2, 0.25) is 5.91 Å². The minimum absolute atomic E-state index is 0.103. The summed E-state index contributed by atoms with van der Waals surface area (Å²) in [7, 11) is 1.52. The van der Waals surface area contributed by atoms with Crippen LogP contribution in [-0.4, -0.2) is 58.4 Å². The first-order valence-electron chi connectivity index (χ1n) is 14.2. The molecule has 2 fully saturated rings. The van der Waals surface area contributed by atoms with Crippen molar-refractivity contribution in [3.05, 3.63) is 105 Å². The van der Waals surface area contributed by atoms with E-state index in [1.165, 1.54) is 43.3 Å². The number of non-ortho nitro benzene ring substituents is 1. The van der Waals surface area contributed by atoms with Crippen molar-refractivity contribution in [3.8, 4) is 0 Å². The Morgan fingerprint density at radius 2 is 1.70 bits per heavy atom. The largest absolute Gasteiger partial charge is 0.328 e. The highest BCUT2D eigenvalue weighted by Gasteiger charge is 2.37. The smallest absolute Gasteiger partial charge is 0.325 e. The number of hydrogen-bond donors (Lipinski definition) is 2. The third-order valence-corrected chi connectivity index (χ3v) is 8.02. The molecule has 0 aliphatic carbocycles. The molecule has 0 radical (unpaired) electrons. The number of carbonyl (C=O) groups excluding carboxylic acids is 3. The lowest BCUT2D eigenvalue weighted by Gasteiger charge is -2.26. The molecular weight excluding hydrogens is 548 g/mol. The van der Waals surface area contributed by atoms with Crippen molar-refractivity contribution >= 4 is 46.7 Å². The molecule has 3 heterocycles. The molecule has 0 spiro atoms. The molecule has 0 bridgehead atoms. The van der Waals surface area contributed by atoms with Crippen LogP contribution in [0.15, 0.2) is 77.4 Å². The molecule has 6 rings (SSSR count). The predicted molar refractivity (Wildman–Crippen MR) is 162 cm³/mol. The Balaban J connectivity index is 1.36. The average Bonchev–Trinajstić information content (AvgIpc) is 3.46. The maximum atomic E-state index is 13.3. The van der Waals surface area contributed by atoms with Gasteiger partial charge < -0.3 is 5.32 Å². The average molecular weight is 579 g/mol. The van der Waals surface area contributed by atoms with E-state index in [-0.39, 0.29) is 17.3 Å². The first kappa shape index (κ1) is 28.0. The van der Waals surface area contributed by atoms with Gasteiger partial charge in [0, 0.05) is 37.0 Å². The zero-order valence-corrected chi connectivity index (χ0v) is 23.6. The number of rotatable bonds is 7. The number of likely N-dealkylation sites (tertiary alicyclic amines) is 1. The van der Waals surface area contributed by atoms with Crippen LogP contribution in [0.2, 0.25) is 0 Å². The molecule has 2 N–H and O–H groups in total. The third-order valence-electron chi connectivity index (χ3n) is 8.02. The van der Waals surface area contributed by atoms with Gasteiger partial charge in [-0.25, -0.2) is 4.79 Å². The van der Waals surface area contributed by atoms with Crippen molar-refractivity contribution < 1.29 is 19.3 Å². The SMILES string of the molecule is CN1C(=O)NC(=O)C1=Cc1ccc(N=C(c2ccc(CN3CCCCC3)cc2)C2C(=O)Nc3ccc([N+](=O)[O-])cc32)cc1. The monoisotopic (exact) mass is 578 g/mol. The lowest BCUT2D eigenvalue weighted by atomic mass is 9.90. The molecule has 43 heavy (non-hydrogen) atoms. The normalized spacial score (nSPS) is 19.9. The van der Waals surface area contributed by atoms with Crippen LogP contribution in [0.5, 0.6) is 0 Å². The molecule has 0 saturated carbocycles. The summed E-state index contributed by atoms with van der Waals surface area (Å²) in [6.45, 7) is 3.01. The van der Waals surface area contributed by atoms with Gasteiger partial charge in [0.15, 0.2) is 0 Å². The fourth-order valence-electron chi connectivity index (χ4n) is 5.70. The maximum absolute atomic E-state index is 13.3. The minimum atomic E-state index is -0.855. The number of nitrogens with one attached hydrogen (secondary N) is 2. The molecule has 218 valence electrons. The van der Waals surface area contributed by atoms with Gasteiger partial charge in [-0.1, -0.05) is 42.8 Å². The quantitative estimate of drug-likeness (QED) is 0.134. The van der Waals surface area contributed by atoms with Crippen LogP contribution >= 0.6 is 0 Å². The van der Waals surface area contributed by atoms with Crippen LogP contribution < -0.4 is 10.6 Å². The Hall–Kier alpha value is -5.16. The van der Waals surface area contributed by atoms with Gasteiger partial charge in [-0.05, 0) is 66.9 Å². The van der Waals surface area contributed by atoms with Gasteiger partial charge in [0.25, 0.3) is 11.6 Å². The zero-order chi connectivity index (χ0) is 30.1. The topological polar surface area (TPSA) is 137 Å².